The second-order valence-electron chi connectivity index (χ2n) is 0.652. The van der Waals surface area contributed by atoms with Crippen molar-refractivity contribution in [3.05, 3.63) is 25.7 Å². The first-order chi connectivity index (χ1) is 3.41. The van der Waals surface area contributed by atoms with E-state index in [1.807, 2.05) is 5.64 Å². The molecular formula is C4H7NO2. The average Bonchev–Trinajstić information content (AvgIpc) is 1.69. The first kappa shape index (κ1) is 6.04. The van der Waals surface area contributed by atoms with Crippen LogP contribution in [0.15, 0.2) is 25.7 Å². The molecule has 0 fully saturated rings. The van der Waals surface area contributed by atoms with Crippen LogP contribution in [0.4, 0.5) is 0 Å². The fraction of sp³-hybridized carbons (Fsp3) is 0. The lowest BCUT2D eigenvalue weighted by Crippen LogP contribution is -2.06. The number of hydrogen-bond donors (Lipinski definition) is 1. The first-order valence-electron chi connectivity index (χ1n) is 1.70. The fourth-order valence-corrected chi connectivity index (χ4v) is 0.0958. The van der Waals surface area contributed by atoms with E-state index < -0.39 is 0 Å². The van der Waals surface area contributed by atoms with Crippen LogP contribution in [-0.2, 0) is 9.68 Å². The van der Waals surface area contributed by atoms with E-state index in [9.17, 15) is 0 Å². The molecular weight excluding hydrogens is 94.0 g/mol. The molecule has 0 unspecified atom stereocenters. The minimum atomic E-state index is 1.20. The molecule has 0 aromatic carbocycles. The van der Waals surface area contributed by atoms with Crippen molar-refractivity contribution in [2.45, 2.75) is 0 Å². The molecule has 0 saturated carbocycles. The van der Waals surface area contributed by atoms with Crippen molar-refractivity contribution in [2.75, 3.05) is 0 Å². The van der Waals surface area contributed by atoms with Crippen molar-refractivity contribution >= 4 is 0 Å². The molecule has 0 aromatic heterocycles. The van der Waals surface area contributed by atoms with Gasteiger partial charge in [0.15, 0.2) is 0 Å². The molecule has 40 valence electrons. The lowest BCUT2D eigenvalue weighted by Gasteiger charge is -1.95. The van der Waals surface area contributed by atoms with E-state index in [1.54, 1.807) is 0 Å². The van der Waals surface area contributed by atoms with Crippen molar-refractivity contribution in [1.82, 2.24) is 5.64 Å². The highest BCUT2D eigenvalue weighted by Gasteiger charge is 1.65. The Labute approximate surface area is 42.1 Å². The normalized spacial score (nSPS) is 6.86. The summed E-state index contributed by atoms with van der Waals surface area (Å²) in [6.07, 6.45) is 2.40. The van der Waals surface area contributed by atoms with Crippen LogP contribution >= 0.6 is 0 Å². The molecule has 0 amide bonds. The highest BCUT2D eigenvalue weighted by molar-refractivity contribution is 4.45. The summed E-state index contributed by atoms with van der Waals surface area (Å²) in [4.78, 5) is 8.59. The highest BCUT2D eigenvalue weighted by atomic mass is 16.9. The Bertz CT molecular complexity index is 54.7. The quantitative estimate of drug-likeness (QED) is 0.321. The van der Waals surface area contributed by atoms with Gasteiger partial charge in [0.25, 0.3) is 0 Å². The van der Waals surface area contributed by atoms with Gasteiger partial charge < -0.3 is 9.68 Å². The van der Waals surface area contributed by atoms with Crippen LogP contribution in [-0.4, -0.2) is 0 Å². The summed E-state index contributed by atoms with van der Waals surface area (Å²) in [5.41, 5.74) is 2.05. The van der Waals surface area contributed by atoms with Gasteiger partial charge in [-0.3, -0.25) is 0 Å². The van der Waals surface area contributed by atoms with E-state index in [0.717, 1.165) is 0 Å². The fourth-order valence-electron chi connectivity index (χ4n) is 0.0958. The molecule has 0 heterocycles. The van der Waals surface area contributed by atoms with Gasteiger partial charge in [-0.15, -0.1) is 0 Å². The van der Waals surface area contributed by atoms with Crippen LogP contribution < -0.4 is 5.64 Å². The molecule has 1 N–H and O–H groups in total. The SMILES string of the molecule is C=CONOC=C. The molecule has 0 rings (SSSR count). The summed E-state index contributed by atoms with van der Waals surface area (Å²) < 4.78 is 0. The Balaban J connectivity index is 2.68. The Morgan fingerprint density at radius 1 is 1.14 bits per heavy atom. The van der Waals surface area contributed by atoms with Gasteiger partial charge >= 0.3 is 0 Å². The molecule has 0 bridgehead atoms. The Hall–Kier alpha value is -0.960. The Kier molecular flexibility index (Phi) is 4.35. The molecule has 0 aliphatic heterocycles. The summed E-state index contributed by atoms with van der Waals surface area (Å²) in [5, 5.41) is 0. The standard InChI is InChI=1S/C4H7NO2/c1-3-6-5-7-4-2/h3-5H,1-2H2. The van der Waals surface area contributed by atoms with Gasteiger partial charge in [0.05, 0.1) is 0 Å². The zero-order chi connectivity index (χ0) is 5.54. The summed E-state index contributed by atoms with van der Waals surface area (Å²) >= 11 is 0. The molecule has 0 aliphatic carbocycles. The van der Waals surface area contributed by atoms with Gasteiger partial charge in [-0.1, -0.05) is 13.2 Å². The van der Waals surface area contributed by atoms with Gasteiger partial charge in [-0.2, -0.15) is 0 Å². The second-order valence-corrected chi connectivity index (χ2v) is 0.652. The zero-order valence-electron chi connectivity index (χ0n) is 3.89. The van der Waals surface area contributed by atoms with Crippen molar-refractivity contribution in [3.63, 3.8) is 0 Å². The van der Waals surface area contributed by atoms with E-state index >= 15 is 0 Å². The number of nitrogens with one attached hydrogen (secondary N) is 1. The van der Waals surface area contributed by atoms with Crippen LogP contribution in [0.5, 0.6) is 0 Å². The van der Waals surface area contributed by atoms with E-state index in [1.165, 1.54) is 12.5 Å². The molecule has 0 radical (unpaired) electrons. The maximum Gasteiger partial charge on any atom is 0.108 e. The number of rotatable bonds is 4. The molecule has 0 spiro atoms. The molecule has 3 nitrogen and oxygen atoms in total. The van der Waals surface area contributed by atoms with Gasteiger partial charge in [-0.25, -0.2) is 0 Å². The summed E-state index contributed by atoms with van der Waals surface area (Å²) in [5.74, 6) is 0. The van der Waals surface area contributed by atoms with Crippen molar-refractivity contribution < 1.29 is 9.68 Å². The van der Waals surface area contributed by atoms with E-state index in [4.69, 9.17) is 0 Å². The van der Waals surface area contributed by atoms with Crippen LogP contribution in [0, 0.1) is 0 Å². The molecule has 0 aromatic rings. The largest absolute Gasteiger partial charge is 0.382 e. The average molecular weight is 101 g/mol. The maximum atomic E-state index is 4.29. The monoisotopic (exact) mass is 101 g/mol. The van der Waals surface area contributed by atoms with E-state index in [-0.39, 0.29) is 0 Å². The van der Waals surface area contributed by atoms with Gasteiger partial charge in [-0.05, 0) is 0 Å². The van der Waals surface area contributed by atoms with Crippen LogP contribution in [0.25, 0.3) is 0 Å². The lowest BCUT2D eigenvalue weighted by molar-refractivity contribution is -0.0875. The summed E-state index contributed by atoms with van der Waals surface area (Å²) in [6, 6.07) is 0. The third kappa shape index (κ3) is 5.04. The first-order valence-corrected chi connectivity index (χ1v) is 1.70. The van der Waals surface area contributed by atoms with Crippen molar-refractivity contribution in [3.8, 4) is 0 Å². The smallest absolute Gasteiger partial charge is 0.108 e. The van der Waals surface area contributed by atoms with Gasteiger partial charge in [0.1, 0.15) is 12.5 Å². The van der Waals surface area contributed by atoms with E-state index in [0.29, 0.717) is 0 Å². The van der Waals surface area contributed by atoms with Crippen molar-refractivity contribution in [2.24, 2.45) is 0 Å². The molecule has 0 saturated heterocycles. The summed E-state index contributed by atoms with van der Waals surface area (Å²) in [6.45, 7) is 6.47. The lowest BCUT2D eigenvalue weighted by atomic mass is 11.2. The van der Waals surface area contributed by atoms with Gasteiger partial charge in [0.2, 0.25) is 0 Å². The topological polar surface area (TPSA) is 30.5 Å². The van der Waals surface area contributed by atoms with Crippen LogP contribution in [0.2, 0.25) is 0 Å². The second kappa shape index (κ2) is 5.04. The van der Waals surface area contributed by atoms with E-state index in [2.05, 4.69) is 22.8 Å². The van der Waals surface area contributed by atoms with Crippen LogP contribution in [0.1, 0.15) is 0 Å². The molecule has 0 atom stereocenters. The predicted molar refractivity (Wildman–Crippen MR) is 25.7 cm³/mol. The minimum Gasteiger partial charge on any atom is -0.382 e. The molecule has 7 heavy (non-hydrogen) atoms. The predicted octanol–water partition coefficient (Wildman–Crippen LogP) is 0.726. The van der Waals surface area contributed by atoms with Crippen LogP contribution in [0.3, 0.4) is 0 Å². The minimum absolute atomic E-state index is 1.20. The Morgan fingerprint density at radius 3 is 1.86 bits per heavy atom. The third-order valence-electron chi connectivity index (χ3n) is 0.263. The molecule has 3 heteroatoms. The third-order valence-corrected chi connectivity index (χ3v) is 0.263. The number of hydrogen-bond acceptors (Lipinski definition) is 3. The maximum absolute atomic E-state index is 4.29. The molecule has 0 aliphatic rings. The van der Waals surface area contributed by atoms with Gasteiger partial charge in [0, 0.05) is 5.64 Å². The summed E-state index contributed by atoms with van der Waals surface area (Å²) in [7, 11) is 0. The Morgan fingerprint density at radius 2 is 1.57 bits per heavy atom. The highest BCUT2D eigenvalue weighted by Crippen LogP contribution is 1.65. The van der Waals surface area contributed by atoms with Crippen molar-refractivity contribution in [1.29, 1.82) is 0 Å². The zero-order valence-corrected chi connectivity index (χ0v) is 3.89.